The van der Waals surface area contributed by atoms with Crippen molar-refractivity contribution in [2.24, 2.45) is 0 Å². The van der Waals surface area contributed by atoms with Crippen molar-refractivity contribution in [2.75, 3.05) is 19.0 Å². The van der Waals surface area contributed by atoms with Crippen molar-refractivity contribution in [1.82, 2.24) is 0 Å². The maximum atomic E-state index is 12.1. The molecule has 0 aliphatic rings. The number of carbonyl (C=O) groups excluding carboxylic acids is 1. The number of carbonyl (C=O) groups is 1. The molecule has 0 atom stereocenters. The molecule has 4 heteroatoms. The van der Waals surface area contributed by atoms with E-state index < -0.39 is 0 Å². The number of nitrogens with one attached hydrogen (secondary N) is 1. The van der Waals surface area contributed by atoms with Gasteiger partial charge in [-0.05, 0) is 42.7 Å². The van der Waals surface area contributed by atoms with Gasteiger partial charge < -0.3 is 14.8 Å². The average Bonchev–Trinajstić information content (AvgIpc) is 2.61. The second-order valence-corrected chi connectivity index (χ2v) is 5.26. The number of allylic oxidation sites excluding steroid dienone is 1. The Morgan fingerprint density at radius 2 is 1.96 bits per heavy atom. The molecule has 0 saturated heterocycles. The predicted octanol–water partition coefficient (Wildman–Crippen LogP) is 4.31. The molecule has 0 unspecified atom stereocenters. The summed E-state index contributed by atoms with van der Waals surface area (Å²) >= 11 is 0. The van der Waals surface area contributed by atoms with E-state index in [0.717, 1.165) is 23.2 Å². The van der Waals surface area contributed by atoms with E-state index in [4.69, 9.17) is 9.47 Å². The largest absolute Gasteiger partial charge is 0.493 e. The van der Waals surface area contributed by atoms with Crippen molar-refractivity contribution in [3.63, 3.8) is 0 Å². The van der Waals surface area contributed by atoms with Crippen LogP contribution >= 0.6 is 0 Å². The molecule has 2 aromatic rings. The maximum absolute atomic E-state index is 12.1. The molecule has 1 N–H and O–H groups in total. The van der Waals surface area contributed by atoms with Gasteiger partial charge in [-0.3, -0.25) is 4.79 Å². The van der Waals surface area contributed by atoms with Gasteiger partial charge in [0.1, 0.15) is 0 Å². The summed E-state index contributed by atoms with van der Waals surface area (Å²) in [4.78, 5) is 12.1. The summed E-state index contributed by atoms with van der Waals surface area (Å²) in [6.07, 6.45) is 4.78. The number of para-hydroxylation sites is 1. The Balaban J connectivity index is 2.01. The standard InChI is InChI=1S/C20H23NO3/c1-4-8-15-11-12-18(19(13-15)23-3)24-14-20(22)21-17-10-7-6-9-16(17)5-2/h4,6-13H,5,14H2,1-3H3,(H,21,22)/b8-4+. The van der Waals surface area contributed by atoms with Crippen LogP contribution in [0.1, 0.15) is 25.0 Å². The number of ether oxygens (including phenoxy) is 2. The van der Waals surface area contributed by atoms with Gasteiger partial charge in [0, 0.05) is 5.69 Å². The number of aryl methyl sites for hydroxylation is 1. The monoisotopic (exact) mass is 325 g/mol. The minimum atomic E-state index is -0.199. The van der Waals surface area contributed by atoms with Gasteiger partial charge in [0.05, 0.1) is 7.11 Å². The first-order chi connectivity index (χ1) is 11.7. The fourth-order valence-corrected chi connectivity index (χ4v) is 2.38. The fourth-order valence-electron chi connectivity index (χ4n) is 2.38. The number of hydrogen-bond donors (Lipinski definition) is 1. The molecule has 2 rings (SSSR count). The van der Waals surface area contributed by atoms with Crippen molar-refractivity contribution in [2.45, 2.75) is 20.3 Å². The van der Waals surface area contributed by atoms with Gasteiger partial charge in [-0.2, -0.15) is 0 Å². The van der Waals surface area contributed by atoms with Gasteiger partial charge in [-0.25, -0.2) is 0 Å². The normalized spacial score (nSPS) is 10.6. The molecule has 126 valence electrons. The topological polar surface area (TPSA) is 47.6 Å². The molecule has 24 heavy (non-hydrogen) atoms. The Labute approximate surface area is 143 Å². The van der Waals surface area contributed by atoms with Crippen molar-refractivity contribution in [3.8, 4) is 11.5 Å². The first kappa shape index (κ1) is 17.6. The number of rotatable bonds is 7. The molecular formula is C20H23NO3. The maximum Gasteiger partial charge on any atom is 0.262 e. The van der Waals surface area contributed by atoms with Crippen LogP contribution in [0.4, 0.5) is 5.69 Å². The number of hydrogen-bond acceptors (Lipinski definition) is 3. The Morgan fingerprint density at radius 3 is 2.67 bits per heavy atom. The third-order valence-corrected chi connectivity index (χ3v) is 3.58. The van der Waals surface area contributed by atoms with E-state index in [-0.39, 0.29) is 12.5 Å². The molecule has 0 aliphatic heterocycles. The van der Waals surface area contributed by atoms with Gasteiger partial charge in [0.25, 0.3) is 5.91 Å². The van der Waals surface area contributed by atoms with Gasteiger partial charge >= 0.3 is 0 Å². The zero-order chi connectivity index (χ0) is 17.4. The van der Waals surface area contributed by atoms with E-state index in [9.17, 15) is 4.79 Å². The molecule has 1 amide bonds. The van der Waals surface area contributed by atoms with Crippen LogP contribution in [0.15, 0.2) is 48.5 Å². The minimum Gasteiger partial charge on any atom is -0.493 e. The lowest BCUT2D eigenvalue weighted by Gasteiger charge is -2.13. The Bertz CT molecular complexity index is 723. The lowest BCUT2D eigenvalue weighted by molar-refractivity contribution is -0.118. The van der Waals surface area contributed by atoms with Crippen LogP contribution in [0.2, 0.25) is 0 Å². The van der Waals surface area contributed by atoms with E-state index in [1.54, 1.807) is 13.2 Å². The summed E-state index contributed by atoms with van der Waals surface area (Å²) in [7, 11) is 1.58. The lowest BCUT2D eigenvalue weighted by Crippen LogP contribution is -2.21. The first-order valence-electron chi connectivity index (χ1n) is 7.99. The van der Waals surface area contributed by atoms with Crippen LogP contribution < -0.4 is 14.8 Å². The van der Waals surface area contributed by atoms with Gasteiger partial charge in [-0.15, -0.1) is 0 Å². The van der Waals surface area contributed by atoms with Gasteiger partial charge in [-0.1, -0.05) is 43.3 Å². The van der Waals surface area contributed by atoms with Crippen molar-refractivity contribution >= 4 is 17.7 Å². The van der Waals surface area contributed by atoms with E-state index in [1.165, 1.54) is 0 Å². The van der Waals surface area contributed by atoms with Crippen molar-refractivity contribution in [3.05, 3.63) is 59.7 Å². The zero-order valence-electron chi connectivity index (χ0n) is 14.3. The fraction of sp³-hybridized carbons (Fsp3) is 0.250. The van der Waals surface area contributed by atoms with E-state index in [2.05, 4.69) is 12.2 Å². The second kappa shape index (κ2) is 8.77. The number of anilines is 1. The first-order valence-corrected chi connectivity index (χ1v) is 7.99. The highest BCUT2D eigenvalue weighted by atomic mass is 16.5. The third-order valence-electron chi connectivity index (χ3n) is 3.58. The van der Waals surface area contributed by atoms with Crippen LogP contribution in [-0.2, 0) is 11.2 Å². The molecule has 0 fully saturated rings. The molecular weight excluding hydrogens is 302 g/mol. The summed E-state index contributed by atoms with van der Waals surface area (Å²) in [5.41, 5.74) is 2.94. The Hall–Kier alpha value is -2.75. The summed E-state index contributed by atoms with van der Waals surface area (Å²) in [5, 5.41) is 2.88. The number of amides is 1. The van der Waals surface area contributed by atoms with E-state index in [1.807, 2.05) is 55.5 Å². The Kier molecular flexibility index (Phi) is 6.43. The molecule has 0 spiro atoms. The summed E-state index contributed by atoms with van der Waals surface area (Å²) < 4.78 is 10.9. The van der Waals surface area contributed by atoms with E-state index >= 15 is 0 Å². The van der Waals surface area contributed by atoms with Gasteiger partial charge in [0.2, 0.25) is 0 Å². The summed E-state index contributed by atoms with van der Waals surface area (Å²) in [5.74, 6) is 0.951. The molecule has 4 nitrogen and oxygen atoms in total. The molecule has 0 radical (unpaired) electrons. The molecule has 2 aromatic carbocycles. The van der Waals surface area contributed by atoms with Crippen LogP contribution in [0, 0.1) is 0 Å². The SMILES string of the molecule is C/C=C/c1ccc(OCC(=O)Nc2ccccc2CC)c(OC)c1. The van der Waals surface area contributed by atoms with Crippen LogP contribution in [0.3, 0.4) is 0 Å². The average molecular weight is 325 g/mol. The van der Waals surface area contributed by atoms with Crippen molar-refractivity contribution in [1.29, 1.82) is 0 Å². The molecule has 0 saturated carbocycles. The molecule has 0 aliphatic carbocycles. The van der Waals surface area contributed by atoms with Crippen LogP contribution in [0.5, 0.6) is 11.5 Å². The smallest absolute Gasteiger partial charge is 0.262 e. The quantitative estimate of drug-likeness (QED) is 0.825. The third kappa shape index (κ3) is 4.62. The van der Waals surface area contributed by atoms with Crippen LogP contribution in [-0.4, -0.2) is 19.6 Å². The molecule has 0 bridgehead atoms. The van der Waals surface area contributed by atoms with E-state index in [0.29, 0.717) is 11.5 Å². The highest BCUT2D eigenvalue weighted by molar-refractivity contribution is 5.92. The number of benzene rings is 2. The predicted molar refractivity (Wildman–Crippen MR) is 97.6 cm³/mol. The second-order valence-electron chi connectivity index (χ2n) is 5.26. The summed E-state index contributed by atoms with van der Waals surface area (Å²) in [6.45, 7) is 3.94. The number of methoxy groups -OCH3 is 1. The molecule has 0 heterocycles. The lowest BCUT2D eigenvalue weighted by atomic mass is 10.1. The highest BCUT2D eigenvalue weighted by Crippen LogP contribution is 2.28. The van der Waals surface area contributed by atoms with Gasteiger partial charge in [0.15, 0.2) is 18.1 Å². The van der Waals surface area contributed by atoms with Crippen molar-refractivity contribution < 1.29 is 14.3 Å². The summed E-state index contributed by atoms with van der Waals surface area (Å²) in [6, 6.07) is 13.4. The molecule has 0 aromatic heterocycles. The van der Waals surface area contributed by atoms with Crippen LogP contribution in [0.25, 0.3) is 6.08 Å². The Morgan fingerprint density at radius 1 is 1.17 bits per heavy atom. The highest BCUT2D eigenvalue weighted by Gasteiger charge is 2.09. The zero-order valence-corrected chi connectivity index (χ0v) is 14.3. The minimum absolute atomic E-state index is 0.0721.